The van der Waals surface area contributed by atoms with E-state index in [1.807, 2.05) is 0 Å². The van der Waals surface area contributed by atoms with Crippen LogP contribution in [0.15, 0.2) is 6.33 Å². The van der Waals surface area contributed by atoms with Crippen molar-refractivity contribution in [3.63, 3.8) is 0 Å². The fraction of sp³-hybridized carbons (Fsp3) is 0.692. The highest BCUT2D eigenvalue weighted by Gasteiger charge is 2.24. The van der Waals surface area contributed by atoms with Crippen molar-refractivity contribution in [1.29, 1.82) is 0 Å². The Morgan fingerprint density at radius 3 is 2.91 bits per heavy atom. The highest BCUT2D eigenvalue weighted by Crippen LogP contribution is 2.30. The van der Waals surface area contributed by atoms with Gasteiger partial charge < -0.3 is 14.8 Å². The molecule has 1 N–H and O–H groups in total. The first-order valence-electron chi connectivity index (χ1n) is 7.38. The third-order valence-electron chi connectivity index (χ3n) is 3.30. The van der Waals surface area contributed by atoms with Gasteiger partial charge in [-0.1, -0.05) is 0 Å². The molecule has 1 fully saturated rings. The van der Waals surface area contributed by atoms with E-state index in [0.717, 1.165) is 39.3 Å². The van der Waals surface area contributed by atoms with Crippen molar-refractivity contribution in [2.45, 2.75) is 13.3 Å². The topological polar surface area (TPSA) is 103 Å². The Balaban J connectivity index is 1.88. The van der Waals surface area contributed by atoms with Gasteiger partial charge in [0.15, 0.2) is 0 Å². The molecule has 0 saturated carbocycles. The molecule has 2 rings (SSSR count). The van der Waals surface area contributed by atoms with Crippen molar-refractivity contribution in [1.82, 2.24) is 14.9 Å². The van der Waals surface area contributed by atoms with Crippen LogP contribution in [0.25, 0.3) is 0 Å². The average Bonchev–Trinajstić information content (AvgIpc) is 2.53. The molecular formula is C13H21N5O4. The van der Waals surface area contributed by atoms with Crippen LogP contribution in [0, 0.1) is 10.1 Å². The van der Waals surface area contributed by atoms with E-state index in [1.54, 1.807) is 6.92 Å². The van der Waals surface area contributed by atoms with Gasteiger partial charge in [-0.25, -0.2) is 4.98 Å². The van der Waals surface area contributed by atoms with Gasteiger partial charge in [-0.15, -0.1) is 0 Å². The van der Waals surface area contributed by atoms with E-state index < -0.39 is 4.92 Å². The van der Waals surface area contributed by atoms with Gasteiger partial charge in [-0.3, -0.25) is 15.0 Å². The van der Waals surface area contributed by atoms with Crippen LogP contribution in [0.5, 0.6) is 5.88 Å². The SMILES string of the molecule is CCOc1ncnc(NCCCN2CCOCC2)c1[N+](=O)[O-]. The van der Waals surface area contributed by atoms with Crippen molar-refractivity contribution in [2.75, 3.05) is 51.3 Å². The average molecular weight is 311 g/mol. The van der Waals surface area contributed by atoms with Crippen LogP contribution in [0.4, 0.5) is 11.5 Å². The van der Waals surface area contributed by atoms with E-state index in [-0.39, 0.29) is 17.4 Å². The maximum absolute atomic E-state index is 11.2. The zero-order chi connectivity index (χ0) is 15.8. The molecule has 22 heavy (non-hydrogen) atoms. The third-order valence-corrected chi connectivity index (χ3v) is 3.30. The normalized spacial score (nSPS) is 15.5. The minimum absolute atomic E-state index is 0.00169. The van der Waals surface area contributed by atoms with Gasteiger partial charge in [0, 0.05) is 19.6 Å². The highest BCUT2D eigenvalue weighted by molar-refractivity contribution is 5.61. The largest absolute Gasteiger partial charge is 0.473 e. The van der Waals surface area contributed by atoms with Crippen molar-refractivity contribution < 1.29 is 14.4 Å². The van der Waals surface area contributed by atoms with E-state index >= 15 is 0 Å². The number of hydrogen-bond acceptors (Lipinski definition) is 8. The maximum atomic E-state index is 11.2. The molecule has 0 atom stereocenters. The van der Waals surface area contributed by atoms with E-state index in [0.29, 0.717) is 13.2 Å². The van der Waals surface area contributed by atoms with Crippen molar-refractivity contribution in [3.8, 4) is 5.88 Å². The van der Waals surface area contributed by atoms with Gasteiger partial charge in [-0.2, -0.15) is 4.98 Å². The van der Waals surface area contributed by atoms with Crippen molar-refractivity contribution in [2.24, 2.45) is 0 Å². The van der Waals surface area contributed by atoms with Gasteiger partial charge in [0.1, 0.15) is 6.33 Å². The van der Waals surface area contributed by atoms with Gasteiger partial charge in [0.25, 0.3) is 5.88 Å². The lowest BCUT2D eigenvalue weighted by molar-refractivity contribution is -0.385. The molecule has 0 spiro atoms. The highest BCUT2D eigenvalue weighted by atomic mass is 16.6. The smallest absolute Gasteiger partial charge is 0.372 e. The molecular weight excluding hydrogens is 290 g/mol. The van der Waals surface area contributed by atoms with Crippen LogP contribution in [-0.2, 0) is 4.74 Å². The summed E-state index contributed by atoms with van der Waals surface area (Å²) in [5.74, 6) is 0.198. The van der Waals surface area contributed by atoms with Crippen LogP contribution < -0.4 is 10.1 Å². The van der Waals surface area contributed by atoms with Crippen LogP contribution in [0.2, 0.25) is 0 Å². The van der Waals surface area contributed by atoms with Crippen molar-refractivity contribution in [3.05, 3.63) is 16.4 Å². The number of nitrogens with zero attached hydrogens (tertiary/aromatic N) is 4. The zero-order valence-corrected chi connectivity index (χ0v) is 12.7. The molecule has 0 amide bonds. The summed E-state index contributed by atoms with van der Waals surface area (Å²) in [5.41, 5.74) is -0.212. The van der Waals surface area contributed by atoms with Crippen LogP contribution in [-0.4, -0.2) is 65.8 Å². The molecule has 1 aromatic rings. The lowest BCUT2D eigenvalue weighted by atomic mass is 10.3. The molecule has 0 radical (unpaired) electrons. The Morgan fingerprint density at radius 1 is 1.45 bits per heavy atom. The molecule has 0 unspecified atom stereocenters. The lowest BCUT2D eigenvalue weighted by Crippen LogP contribution is -2.37. The summed E-state index contributed by atoms with van der Waals surface area (Å²) in [6.07, 6.45) is 2.13. The predicted octanol–water partition coefficient (Wildman–Crippen LogP) is 0.918. The molecule has 0 aliphatic carbocycles. The Bertz CT molecular complexity index is 493. The second-order valence-corrected chi connectivity index (χ2v) is 4.80. The Morgan fingerprint density at radius 2 is 2.23 bits per heavy atom. The summed E-state index contributed by atoms with van der Waals surface area (Å²) in [7, 11) is 0. The fourth-order valence-electron chi connectivity index (χ4n) is 2.23. The van der Waals surface area contributed by atoms with Crippen LogP contribution in [0.1, 0.15) is 13.3 Å². The summed E-state index contributed by atoms with van der Waals surface area (Å²) in [6, 6.07) is 0. The first-order chi connectivity index (χ1) is 10.7. The van der Waals surface area contributed by atoms with Crippen molar-refractivity contribution >= 4 is 11.5 Å². The van der Waals surface area contributed by atoms with Crippen LogP contribution >= 0.6 is 0 Å². The molecule has 0 aromatic carbocycles. The number of aromatic nitrogens is 2. The molecule has 2 heterocycles. The minimum atomic E-state index is -0.519. The number of anilines is 1. The Kier molecular flexibility index (Phi) is 6.28. The third kappa shape index (κ3) is 4.50. The fourth-order valence-corrected chi connectivity index (χ4v) is 2.23. The second kappa shape index (κ2) is 8.44. The lowest BCUT2D eigenvalue weighted by Gasteiger charge is -2.26. The first-order valence-corrected chi connectivity index (χ1v) is 7.38. The summed E-state index contributed by atoms with van der Waals surface area (Å²) in [6.45, 7) is 6.99. The summed E-state index contributed by atoms with van der Waals surface area (Å²) in [4.78, 5) is 20.7. The summed E-state index contributed by atoms with van der Waals surface area (Å²) < 4.78 is 10.5. The first kappa shape index (κ1) is 16.4. The van der Waals surface area contributed by atoms with Gasteiger partial charge >= 0.3 is 5.69 Å². The van der Waals surface area contributed by atoms with E-state index in [1.165, 1.54) is 6.33 Å². The molecule has 1 saturated heterocycles. The molecule has 9 nitrogen and oxygen atoms in total. The number of ether oxygens (including phenoxy) is 2. The Hall–Kier alpha value is -2.00. The molecule has 1 aliphatic rings. The number of nitro groups is 1. The summed E-state index contributed by atoms with van der Waals surface area (Å²) >= 11 is 0. The number of hydrogen-bond donors (Lipinski definition) is 1. The standard InChI is InChI=1S/C13H21N5O4/c1-2-22-13-11(18(19)20)12(15-10-16-13)14-4-3-5-17-6-8-21-9-7-17/h10H,2-9H2,1H3,(H,14,15,16). The molecule has 9 heteroatoms. The minimum Gasteiger partial charge on any atom is -0.473 e. The Labute approximate surface area is 128 Å². The number of nitrogens with one attached hydrogen (secondary N) is 1. The van der Waals surface area contributed by atoms with Gasteiger partial charge in [0.05, 0.1) is 24.7 Å². The van der Waals surface area contributed by atoms with Gasteiger partial charge in [0.2, 0.25) is 5.82 Å². The quantitative estimate of drug-likeness (QED) is 0.429. The molecule has 1 aliphatic heterocycles. The van der Waals surface area contributed by atoms with Gasteiger partial charge in [-0.05, 0) is 19.9 Å². The van der Waals surface area contributed by atoms with Crippen LogP contribution in [0.3, 0.4) is 0 Å². The summed E-state index contributed by atoms with van der Waals surface area (Å²) in [5, 5.41) is 14.2. The predicted molar refractivity (Wildman–Crippen MR) is 80.2 cm³/mol. The van der Waals surface area contributed by atoms with E-state index in [2.05, 4.69) is 20.2 Å². The second-order valence-electron chi connectivity index (χ2n) is 4.80. The van der Waals surface area contributed by atoms with E-state index in [4.69, 9.17) is 9.47 Å². The number of rotatable bonds is 8. The molecule has 122 valence electrons. The molecule has 1 aromatic heterocycles. The zero-order valence-electron chi connectivity index (χ0n) is 12.7. The number of morpholine rings is 1. The monoisotopic (exact) mass is 311 g/mol. The molecule has 0 bridgehead atoms. The maximum Gasteiger partial charge on any atom is 0.372 e. The van der Waals surface area contributed by atoms with E-state index in [9.17, 15) is 10.1 Å².